The first kappa shape index (κ1) is 15.1. The van der Waals surface area contributed by atoms with Crippen LogP contribution < -0.4 is 10.2 Å². The summed E-state index contributed by atoms with van der Waals surface area (Å²) in [6.45, 7) is 5.62. The lowest BCUT2D eigenvalue weighted by atomic mass is 10.0. The first-order chi connectivity index (χ1) is 9.60. The van der Waals surface area contributed by atoms with E-state index in [1.165, 1.54) is 0 Å². The fourth-order valence-electron chi connectivity index (χ4n) is 2.26. The van der Waals surface area contributed by atoms with Crippen LogP contribution in [0.4, 0.5) is 5.82 Å². The van der Waals surface area contributed by atoms with E-state index in [0.717, 1.165) is 36.8 Å². The molecule has 1 N–H and O–H groups in total. The van der Waals surface area contributed by atoms with Crippen molar-refractivity contribution in [2.45, 2.75) is 37.8 Å². The molecule has 0 spiro atoms. The molecule has 1 aromatic heterocycles. The van der Waals surface area contributed by atoms with Gasteiger partial charge in [-0.1, -0.05) is 13.8 Å². The summed E-state index contributed by atoms with van der Waals surface area (Å²) in [5, 5.41) is 4.04. The molecule has 1 atom stereocenters. The van der Waals surface area contributed by atoms with Crippen LogP contribution in [0.3, 0.4) is 0 Å². The van der Waals surface area contributed by atoms with Crippen LogP contribution in [-0.4, -0.2) is 41.3 Å². The summed E-state index contributed by atoms with van der Waals surface area (Å²) in [7, 11) is 0. The molecule has 0 bridgehead atoms. The van der Waals surface area contributed by atoms with Gasteiger partial charge in [-0.3, -0.25) is 9.78 Å². The Morgan fingerprint density at radius 3 is 3.00 bits per heavy atom. The lowest BCUT2D eigenvalue weighted by molar-refractivity contribution is -0.124. The molecule has 0 radical (unpaired) electrons. The van der Waals surface area contributed by atoms with Gasteiger partial charge in [-0.25, -0.2) is 4.98 Å². The van der Waals surface area contributed by atoms with Gasteiger partial charge in [-0.2, -0.15) is 0 Å². The molecule has 0 aromatic carbocycles. The topological polar surface area (TPSA) is 58.1 Å². The fourth-order valence-corrected chi connectivity index (χ4v) is 2.61. The Morgan fingerprint density at radius 2 is 2.30 bits per heavy atom. The molecule has 1 fully saturated rings. The maximum absolute atomic E-state index is 11.8. The lowest BCUT2D eigenvalue weighted by Gasteiger charge is -2.34. The smallest absolute Gasteiger partial charge is 0.222 e. The Labute approximate surface area is 124 Å². The molecule has 6 heteroatoms. The highest BCUT2D eigenvalue weighted by Crippen LogP contribution is 2.20. The molecule has 20 heavy (non-hydrogen) atoms. The standard InChI is InChI=1S/C14H22N4OS/c1-10(2)14(19)16-11-5-4-6-18(9-11)12-7-15-8-13(17-12)20-3/h7-8,10-11H,4-6,9H2,1-3H3,(H,16,19)/t11-/m0/s1. The predicted molar refractivity (Wildman–Crippen MR) is 82.0 cm³/mol. The molecule has 110 valence electrons. The number of anilines is 1. The first-order valence-electron chi connectivity index (χ1n) is 7.01. The van der Waals surface area contributed by atoms with Crippen LogP contribution in [0, 0.1) is 5.92 Å². The number of piperidine rings is 1. The molecule has 0 saturated carbocycles. The Bertz CT molecular complexity index is 466. The van der Waals surface area contributed by atoms with E-state index in [-0.39, 0.29) is 17.9 Å². The monoisotopic (exact) mass is 294 g/mol. The molecule has 2 rings (SSSR count). The highest BCUT2D eigenvalue weighted by Gasteiger charge is 2.23. The lowest BCUT2D eigenvalue weighted by Crippen LogP contribution is -2.49. The largest absolute Gasteiger partial charge is 0.353 e. The Balaban J connectivity index is 2.00. The number of hydrogen-bond acceptors (Lipinski definition) is 5. The molecule has 1 aromatic rings. The van der Waals surface area contributed by atoms with Gasteiger partial charge in [0, 0.05) is 25.0 Å². The number of nitrogens with one attached hydrogen (secondary N) is 1. The SMILES string of the molecule is CSc1cncc(N2CCC[C@H](NC(=O)C(C)C)C2)n1. The number of hydrogen-bond donors (Lipinski definition) is 1. The minimum Gasteiger partial charge on any atom is -0.353 e. The summed E-state index contributed by atoms with van der Waals surface area (Å²) in [6, 6.07) is 0.207. The van der Waals surface area contributed by atoms with Crippen LogP contribution in [0.25, 0.3) is 0 Å². The van der Waals surface area contributed by atoms with Crippen LogP contribution in [0.15, 0.2) is 17.4 Å². The van der Waals surface area contributed by atoms with E-state index in [2.05, 4.69) is 20.2 Å². The maximum Gasteiger partial charge on any atom is 0.222 e. The van der Waals surface area contributed by atoms with E-state index in [4.69, 9.17) is 0 Å². The van der Waals surface area contributed by atoms with Crippen LogP contribution in [0.2, 0.25) is 0 Å². The summed E-state index contributed by atoms with van der Waals surface area (Å²) in [5.41, 5.74) is 0. The number of carbonyl (C=O) groups excluding carboxylic acids is 1. The minimum absolute atomic E-state index is 0.0324. The van der Waals surface area contributed by atoms with E-state index >= 15 is 0 Å². The van der Waals surface area contributed by atoms with E-state index in [1.54, 1.807) is 24.2 Å². The van der Waals surface area contributed by atoms with Crippen molar-refractivity contribution < 1.29 is 4.79 Å². The van der Waals surface area contributed by atoms with E-state index < -0.39 is 0 Å². The third-order valence-electron chi connectivity index (χ3n) is 3.43. The van der Waals surface area contributed by atoms with Gasteiger partial charge in [0.2, 0.25) is 5.91 Å². The molecular formula is C14H22N4OS. The van der Waals surface area contributed by atoms with Gasteiger partial charge in [0.15, 0.2) is 0 Å². The summed E-state index contributed by atoms with van der Waals surface area (Å²) in [6.07, 6.45) is 7.66. The summed E-state index contributed by atoms with van der Waals surface area (Å²) < 4.78 is 0. The number of amides is 1. The predicted octanol–water partition coefficient (Wildman–Crippen LogP) is 1.94. The highest BCUT2D eigenvalue weighted by atomic mass is 32.2. The molecule has 0 unspecified atom stereocenters. The molecular weight excluding hydrogens is 272 g/mol. The molecule has 1 saturated heterocycles. The summed E-state index contributed by atoms with van der Waals surface area (Å²) in [4.78, 5) is 22.8. The molecule has 1 aliphatic heterocycles. The fraction of sp³-hybridized carbons (Fsp3) is 0.643. The molecule has 5 nitrogen and oxygen atoms in total. The Morgan fingerprint density at radius 1 is 1.50 bits per heavy atom. The van der Waals surface area contributed by atoms with Gasteiger partial charge < -0.3 is 10.2 Å². The third kappa shape index (κ3) is 3.85. The van der Waals surface area contributed by atoms with Gasteiger partial charge in [-0.05, 0) is 19.1 Å². The van der Waals surface area contributed by atoms with Crippen molar-refractivity contribution in [1.82, 2.24) is 15.3 Å². The van der Waals surface area contributed by atoms with Gasteiger partial charge in [0.1, 0.15) is 10.8 Å². The van der Waals surface area contributed by atoms with Gasteiger partial charge in [-0.15, -0.1) is 11.8 Å². The Kier molecular flexibility index (Phi) is 5.23. The minimum atomic E-state index is 0.0324. The van der Waals surface area contributed by atoms with Crippen LogP contribution in [-0.2, 0) is 4.79 Å². The van der Waals surface area contributed by atoms with Crippen LogP contribution in [0.1, 0.15) is 26.7 Å². The average molecular weight is 294 g/mol. The molecule has 1 amide bonds. The van der Waals surface area contributed by atoms with Crippen molar-refractivity contribution in [2.75, 3.05) is 24.2 Å². The Hall–Kier alpha value is -1.30. The van der Waals surface area contributed by atoms with Crippen LogP contribution in [0.5, 0.6) is 0 Å². The number of rotatable bonds is 4. The average Bonchev–Trinajstić information content (AvgIpc) is 2.47. The normalized spacial score (nSPS) is 19.2. The zero-order chi connectivity index (χ0) is 14.5. The van der Waals surface area contributed by atoms with Crippen molar-refractivity contribution in [3.63, 3.8) is 0 Å². The molecule has 0 aliphatic carbocycles. The quantitative estimate of drug-likeness (QED) is 0.860. The van der Waals surface area contributed by atoms with Crippen molar-refractivity contribution in [3.8, 4) is 0 Å². The van der Waals surface area contributed by atoms with E-state index in [9.17, 15) is 4.79 Å². The molecule has 1 aliphatic rings. The van der Waals surface area contributed by atoms with Crippen molar-refractivity contribution in [2.24, 2.45) is 5.92 Å². The maximum atomic E-state index is 11.8. The number of aromatic nitrogens is 2. The number of thioether (sulfide) groups is 1. The summed E-state index contributed by atoms with van der Waals surface area (Å²) >= 11 is 1.59. The second kappa shape index (κ2) is 6.92. The molecule has 2 heterocycles. The van der Waals surface area contributed by atoms with Gasteiger partial charge in [0.05, 0.1) is 12.4 Å². The van der Waals surface area contributed by atoms with E-state index in [1.807, 2.05) is 20.1 Å². The van der Waals surface area contributed by atoms with Gasteiger partial charge >= 0.3 is 0 Å². The highest BCUT2D eigenvalue weighted by molar-refractivity contribution is 7.98. The second-order valence-corrected chi connectivity index (χ2v) is 6.19. The summed E-state index contributed by atoms with van der Waals surface area (Å²) in [5.74, 6) is 1.06. The zero-order valence-corrected chi connectivity index (χ0v) is 13.1. The second-order valence-electron chi connectivity index (χ2n) is 5.37. The number of nitrogens with zero attached hydrogens (tertiary/aromatic N) is 3. The van der Waals surface area contributed by atoms with Crippen LogP contribution >= 0.6 is 11.8 Å². The van der Waals surface area contributed by atoms with Crippen molar-refractivity contribution in [3.05, 3.63) is 12.4 Å². The van der Waals surface area contributed by atoms with E-state index in [0.29, 0.717) is 0 Å². The zero-order valence-electron chi connectivity index (χ0n) is 12.3. The van der Waals surface area contributed by atoms with Gasteiger partial charge in [0.25, 0.3) is 0 Å². The van der Waals surface area contributed by atoms with Crippen molar-refractivity contribution >= 4 is 23.5 Å². The van der Waals surface area contributed by atoms with Crippen molar-refractivity contribution in [1.29, 1.82) is 0 Å². The first-order valence-corrected chi connectivity index (χ1v) is 8.24. The third-order valence-corrected chi connectivity index (χ3v) is 4.04. The number of carbonyl (C=O) groups is 1.